The van der Waals surface area contributed by atoms with Gasteiger partial charge in [-0.25, -0.2) is 9.37 Å². The van der Waals surface area contributed by atoms with Crippen molar-refractivity contribution in [2.45, 2.75) is 44.4 Å². The van der Waals surface area contributed by atoms with Gasteiger partial charge in [0.05, 0.1) is 11.9 Å². The second-order valence-corrected chi connectivity index (χ2v) is 8.81. The Labute approximate surface area is 197 Å². The summed E-state index contributed by atoms with van der Waals surface area (Å²) < 4.78 is 56.0. The number of carbonyl (C=O) groups is 1. The topological polar surface area (TPSA) is 90.8 Å². The number of benzene rings is 1. The minimum Gasteiger partial charge on any atom is -0.411 e. The number of fused-ring (bicyclic) bond motifs is 3. The highest BCUT2D eigenvalue weighted by Gasteiger charge is 2.32. The number of carbonyl (C=O) groups excluding carboxylic acids is 1. The highest BCUT2D eigenvalue weighted by atomic mass is 19.4. The number of ether oxygens (including phenoxy) is 1. The average Bonchev–Trinajstić information content (AvgIpc) is 3.21. The lowest BCUT2D eigenvalue weighted by Crippen LogP contribution is -2.38. The Bertz CT molecular complexity index is 1290. The van der Waals surface area contributed by atoms with Gasteiger partial charge in [-0.2, -0.15) is 0 Å². The number of halogens is 4. The predicted molar refractivity (Wildman–Crippen MR) is 118 cm³/mol. The van der Waals surface area contributed by atoms with Crippen molar-refractivity contribution < 1.29 is 32.3 Å². The molecule has 2 aromatic heterocycles. The number of amides is 1. The first kappa shape index (κ1) is 23.1. The Balaban J connectivity index is 1.33. The number of alkyl halides is 3. The quantitative estimate of drug-likeness (QED) is 0.309. The van der Waals surface area contributed by atoms with Crippen LogP contribution in [0.1, 0.15) is 52.4 Å². The van der Waals surface area contributed by atoms with E-state index in [1.54, 1.807) is 4.90 Å². The summed E-state index contributed by atoms with van der Waals surface area (Å²) in [7, 11) is 0. The molecule has 1 amide bonds. The number of rotatable bonds is 3. The van der Waals surface area contributed by atoms with Crippen molar-refractivity contribution in [3.05, 3.63) is 58.7 Å². The van der Waals surface area contributed by atoms with Gasteiger partial charge in [0, 0.05) is 41.7 Å². The molecule has 1 aromatic carbocycles. The maximum atomic E-state index is 15.1. The SMILES string of the molecule is O=C(c1ccc(OC(F)(F)F)cc1)N1CCC(c2c(F)cnc3[nH]c4c(c23)C/C(=N/O)CC4)CC1. The summed E-state index contributed by atoms with van der Waals surface area (Å²) in [5, 5.41) is 13.3. The summed E-state index contributed by atoms with van der Waals surface area (Å²) in [6.07, 6.45) is -0.829. The number of hydrogen-bond acceptors (Lipinski definition) is 5. The highest BCUT2D eigenvalue weighted by Crippen LogP contribution is 2.39. The third-order valence-electron chi connectivity index (χ3n) is 6.72. The van der Waals surface area contributed by atoms with E-state index in [-0.39, 0.29) is 17.4 Å². The zero-order chi connectivity index (χ0) is 24.7. The molecule has 1 aliphatic carbocycles. The zero-order valence-electron chi connectivity index (χ0n) is 18.5. The maximum absolute atomic E-state index is 15.1. The van der Waals surface area contributed by atoms with Crippen molar-refractivity contribution in [2.24, 2.45) is 5.16 Å². The number of piperidine rings is 1. The molecule has 2 aliphatic rings. The van der Waals surface area contributed by atoms with E-state index in [4.69, 9.17) is 0 Å². The van der Waals surface area contributed by atoms with E-state index in [1.165, 1.54) is 18.3 Å². The molecule has 0 atom stereocenters. The lowest BCUT2D eigenvalue weighted by molar-refractivity contribution is -0.274. The van der Waals surface area contributed by atoms with Crippen LogP contribution < -0.4 is 4.74 Å². The van der Waals surface area contributed by atoms with Crippen LogP contribution in [0.25, 0.3) is 11.0 Å². The number of nitrogens with one attached hydrogen (secondary N) is 1. The molecule has 0 spiro atoms. The molecule has 7 nitrogen and oxygen atoms in total. The van der Waals surface area contributed by atoms with Crippen LogP contribution in [0, 0.1) is 5.82 Å². The van der Waals surface area contributed by atoms with Crippen molar-refractivity contribution in [1.82, 2.24) is 14.9 Å². The summed E-state index contributed by atoms with van der Waals surface area (Å²) in [5.41, 5.74) is 3.93. The molecule has 3 heterocycles. The van der Waals surface area contributed by atoms with Crippen molar-refractivity contribution in [1.29, 1.82) is 0 Å². The van der Waals surface area contributed by atoms with E-state index in [1.807, 2.05) is 0 Å². The maximum Gasteiger partial charge on any atom is 0.573 e. The first-order valence-electron chi connectivity index (χ1n) is 11.3. The minimum atomic E-state index is -4.80. The average molecular weight is 490 g/mol. The molecule has 3 aromatic rings. The third-order valence-corrected chi connectivity index (χ3v) is 6.72. The van der Waals surface area contributed by atoms with E-state index >= 15 is 4.39 Å². The Morgan fingerprint density at radius 2 is 1.89 bits per heavy atom. The second kappa shape index (κ2) is 8.86. The van der Waals surface area contributed by atoms with Gasteiger partial charge in [-0.05, 0) is 61.4 Å². The fourth-order valence-electron chi connectivity index (χ4n) is 5.08. The molecule has 11 heteroatoms. The van der Waals surface area contributed by atoms with Gasteiger partial charge in [-0.15, -0.1) is 13.2 Å². The number of H-pyrrole nitrogens is 1. The van der Waals surface area contributed by atoms with Crippen molar-refractivity contribution >= 4 is 22.7 Å². The van der Waals surface area contributed by atoms with Crippen LogP contribution in [0.3, 0.4) is 0 Å². The summed E-state index contributed by atoms with van der Waals surface area (Å²) in [6, 6.07) is 4.81. The van der Waals surface area contributed by atoms with Crippen LogP contribution in [-0.2, 0) is 12.8 Å². The number of aryl methyl sites for hydroxylation is 1. The minimum absolute atomic E-state index is 0.136. The van der Waals surface area contributed by atoms with Gasteiger partial charge in [-0.3, -0.25) is 4.79 Å². The molecule has 0 bridgehead atoms. The predicted octanol–water partition coefficient (Wildman–Crippen LogP) is 4.94. The van der Waals surface area contributed by atoms with E-state index in [0.717, 1.165) is 28.8 Å². The zero-order valence-corrected chi connectivity index (χ0v) is 18.5. The lowest BCUT2D eigenvalue weighted by Gasteiger charge is -2.33. The van der Waals surface area contributed by atoms with Crippen molar-refractivity contribution in [2.75, 3.05) is 13.1 Å². The molecule has 2 N–H and O–H groups in total. The summed E-state index contributed by atoms with van der Waals surface area (Å²) in [6.45, 7) is 0.757. The molecule has 1 saturated heterocycles. The number of aromatic nitrogens is 2. The van der Waals surface area contributed by atoms with Crippen LogP contribution >= 0.6 is 0 Å². The number of oxime groups is 1. The summed E-state index contributed by atoms with van der Waals surface area (Å²) in [5.74, 6) is -1.24. The van der Waals surface area contributed by atoms with E-state index in [2.05, 4.69) is 19.9 Å². The van der Waals surface area contributed by atoms with Gasteiger partial charge in [0.15, 0.2) is 0 Å². The van der Waals surface area contributed by atoms with Crippen LogP contribution in [0.15, 0.2) is 35.6 Å². The standard InChI is InChI=1S/C24H22F4N4O3/c25-18-12-29-22-21(17-11-15(31-34)3-6-19(17)30-22)20(18)13-7-9-32(10-8-13)23(33)14-1-4-16(5-2-14)35-24(26,27)28/h1-2,4-5,12-13,34H,3,6-11H2,(H,29,30)/b31-15+. The van der Waals surface area contributed by atoms with Gasteiger partial charge >= 0.3 is 6.36 Å². The van der Waals surface area contributed by atoms with Gasteiger partial charge in [-0.1, -0.05) is 5.16 Å². The van der Waals surface area contributed by atoms with Gasteiger partial charge in [0.2, 0.25) is 0 Å². The van der Waals surface area contributed by atoms with Crippen LogP contribution in [0.4, 0.5) is 17.6 Å². The van der Waals surface area contributed by atoms with Crippen molar-refractivity contribution in [3.8, 4) is 5.75 Å². The Morgan fingerprint density at radius 1 is 1.17 bits per heavy atom. The molecular formula is C24H22F4N4O3. The fourth-order valence-corrected chi connectivity index (χ4v) is 5.08. The van der Waals surface area contributed by atoms with Gasteiger partial charge in [0.25, 0.3) is 5.91 Å². The lowest BCUT2D eigenvalue weighted by atomic mass is 9.84. The normalized spacial score (nSPS) is 18.2. The first-order chi connectivity index (χ1) is 16.7. The van der Waals surface area contributed by atoms with E-state index in [9.17, 15) is 23.2 Å². The van der Waals surface area contributed by atoms with Crippen LogP contribution in [0.5, 0.6) is 5.75 Å². The Morgan fingerprint density at radius 3 is 2.54 bits per heavy atom. The number of aromatic amines is 1. The number of hydrogen-bond donors (Lipinski definition) is 2. The Kier molecular flexibility index (Phi) is 5.86. The molecule has 0 radical (unpaired) electrons. The first-order valence-corrected chi connectivity index (χ1v) is 11.3. The number of nitrogens with zero attached hydrogens (tertiary/aromatic N) is 3. The van der Waals surface area contributed by atoms with Crippen molar-refractivity contribution in [3.63, 3.8) is 0 Å². The molecule has 35 heavy (non-hydrogen) atoms. The molecule has 1 aliphatic heterocycles. The molecule has 0 saturated carbocycles. The largest absolute Gasteiger partial charge is 0.573 e. The summed E-state index contributed by atoms with van der Waals surface area (Å²) in [4.78, 5) is 22.0. The molecule has 0 unspecified atom stereocenters. The second-order valence-electron chi connectivity index (χ2n) is 8.81. The number of likely N-dealkylation sites (tertiary alicyclic amines) is 1. The highest BCUT2D eigenvalue weighted by molar-refractivity contribution is 5.96. The van der Waals surface area contributed by atoms with Gasteiger partial charge < -0.3 is 19.8 Å². The molecule has 5 rings (SSSR count). The number of pyridine rings is 1. The van der Waals surface area contributed by atoms with Crippen LogP contribution in [-0.4, -0.2) is 51.1 Å². The fraction of sp³-hybridized carbons (Fsp3) is 0.375. The molecule has 1 fully saturated rings. The molecular weight excluding hydrogens is 468 g/mol. The monoisotopic (exact) mass is 490 g/mol. The summed E-state index contributed by atoms with van der Waals surface area (Å²) >= 11 is 0. The van der Waals surface area contributed by atoms with Gasteiger partial charge in [0.1, 0.15) is 17.2 Å². The van der Waals surface area contributed by atoms with E-state index < -0.39 is 17.9 Å². The van der Waals surface area contributed by atoms with E-state index in [0.29, 0.717) is 62.1 Å². The molecule has 184 valence electrons. The third kappa shape index (κ3) is 4.54. The Hall–Kier alpha value is -3.63. The smallest absolute Gasteiger partial charge is 0.411 e. The van der Waals surface area contributed by atoms with Crippen LogP contribution in [0.2, 0.25) is 0 Å².